The Morgan fingerprint density at radius 3 is 2.83 bits per heavy atom. The standard InChI is InChI=1S/C16H23N3O4/c1-11(2)19-9-16(10-22-7-14(19)20)4-5-18(8-16)15(21)13-6-23-17-12(13)3/h6,11H,4-5,7-10H2,1-3H3. The zero-order chi connectivity index (χ0) is 16.6. The molecule has 3 heterocycles. The third-order valence-electron chi connectivity index (χ3n) is 4.79. The lowest BCUT2D eigenvalue weighted by Gasteiger charge is -2.34. The summed E-state index contributed by atoms with van der Waals surface area (Å²) in [5.41, 5.74) is 0.928. The van der Waals surface area contributed by atoms with E-state index in [0.29, 0.717) is 37.5 Å². The van der Waals surface area contributed by atoms with Crippen molar-refractivity contribution in [3.63, 3.8) is 0 Å². The van der Waals surface area contributed by atoms with Gasteiger partial charge in [0.15, 0.2) is 0 Å². The van der Waals surface area contributed by atoms with Gasteiger partial charge in [0.1, 0.15) is 18.4 Å². The topological polar surface area (TPSA) is 75.9 Å². The zero-order valence-electron chi connectivity index (χ0n) is 13.9. The molecule has 1 aromatic heterocycles. The summed E-state index contributed by atoms with van der Waals surface area (Å²) in [7, 11) is 0. The van der Waals surface area contributed by atoms with Gasteiger partial charge >= 0.3 is 0 Å². The second kappa shape index (κ2) is 5.96. The van der Waals surface area contributed by atoms with Gasteiger partial charge in [0, 0.05) is 31.1 Å². The van der Waals surface area contributed by atoms with Crippen LogP contribution in [0.25, 0.3) is 0 Å². The number of carbonyl (C=O) groups excluding carboxylic acids is 2. The van der Waals surface area contributed by atoms with Crippen molar-refractivity contribution in [1.29, 1.82) is 0 Å². The van der Waals surface area contributed by atoms with Crippen molar-refractivity contribution >= 4 is 11.8 Å². The quantitative estimate of drug-likeness (QED) is 0.815. The summed E-state index contributed by atoms with van der Waals surface area (Å²) in [6.07, 6.45) is 2.23. The van der Waals surface area contributed by atoms with E-state index >= 15 is 0 Å². The van der Waals surface area contributed by atoms with Crippen LogP contribution in [0.1, 0.15) is 36.3 Å². The molecule has 2 fully saturated rings. The predicted octanol–water partition coefficient (Wildman–Crippen LogP) is 1.08. The number of rotatable bonds is 2. The van der Waals surface area contributed by atoms with Crippen LogP contribution in [0.15, 0.2) is 10.8 Å². The van der Waals surface area contributed by atoms with Gasteiger partial charge in [-0.05, 0) is 27.2 Å². The maximum absolute atomic E-state index is 12.6. The molecule has 0 saturated carbocycles. The fraction of sp³-hybridized carbons (Fsp3) is 0.688. The Bertz CT molecular complexity index is 612. The largest absolute Gasteiger partial charge is 0.371 e. The molecule has 1 aromatic rings. The molecule has 2 aliphatic heterocycles. The van der Waals surface area contributed by atoms with Crippen molar-refractivity contribution in [3.05, 3.63) is 17.5 Å². The highest BCUT2D eigenvalue weighted by Gasteiger charge is 2.44. The number of aromatic nitrogens is 1. The molecule has 126 valence electrons. The van der Waals surface area contributed by atoms with E-state index < -0.39 is 0 Å². The van der Waals surface area contributed by atoms with Gasteiger partial charge in [-0.25, -0.2) is 0 Å². The van der Waals surface area contributed by atoms with E-state index in [1.165, 1.54) is 6.26 Å². The molecule has 2 saturated heterocycles. The van der Waals surface area contributed by atoms with Crippen LogP contribution in [0.2, 0.25) is 0 Å². The Labute approximate surface area is 135 Å². The van der Waals surface area contributed by atoms with Crippen LogP contribution >= 0.6 is 0 Å². The Morgan fingerprint density at radius 1 is 1.39 bits per heavy atom. The summed E-state index contributed by atoms with van der Waals surface area (Å²) in [4.78, 5) is 28.5. The first-order valence-corrected chi connectivity index (χ1v) is 7.99. The molecule has 7 heteroatoms. The van der Waals surface area contributed by atoms with E-state index in [9.17, 15) is 9.59 Å². The summed E-state index contributed by atoms with van der Waals surface area (Å²) in [6.45, 7) is 8.30. The van der Waals surface area contributed by atoms with Crippen LogP contribution in [-0.2, 0) is 9.53 Å². The van der Waals surface area contributed by atoms with E-state index in [1.54, 1.807) is 6.92 Å². The highest BCUT2D eigenvalue weighted by molar-refractivity contribution is 5.95. The first kappa shape index (κ1) is 16.0. The molecule has 1 spiro atoms. The number of carbonyl (C=O) groups is 2. The molecule has 0 aliphatic carbocycles. The van der Waals surface area contributed by atoms with Crippen molar-refractivity contribution in [1.82, 2.24) is 15.0 Å². The molecular weight excluding hydrogens is 298 g/mol. The highest BCUT2D eigenvalue weighted by atomic mass is 16.5. The van der Waals surface area contributed by atoms with Gasteiger partial charge in [-0.2, -0.15) is 0 Å². The molecule has 2 amide bonds. The molecule has 0 N–H and O–H groups in total. The van der Waals surface area contributed by atoms with Crippen LogP contribution in [0.3, 0.4) is 0 Å². The van der Waals surface area contributed by atoms with Crippen molar-refractivity contribution in [2.45, 2.75) is 33.2 Å². The van der Waals surface area contributed by atoms with Crippen LogP contribution in [-0.4, -0.2) is 65.7 Å². The zero-order valence-corrected chi connectivity index (χ0v) is 13.9. The van der Waals surface area contributed by atoms with Gasteiger partial charge < -0.3 is 19.1 Å². The summed E-state index contributed by atoms with van der Waals surface area (Å²) in [5, 5.41) is 3.77. The van der Waals surface area contributed by atoms with Crippen molar-refractivity contribution in [2.24, 2.45) is 5.41 Å². The third-order valence-corrected chi connectivity index (χ3v) is 4.79. The minimum atomic E-state index is -0.183. The molecule has 0 aromatic carbocycles. The number of aryl methyl sites for hydroxylation is 1. The van der Waals surface area contributed by atoms with Gasteiger partial charge in [-0.15, -0.1) is 0 Å². The fourth-order valence-electron chi connectivity index (χ4n) is 3.43. The van der Waals surface area contributed by atoms with E-state index in [1.807, 2.05) is 23.6 Å². The lowest BCUT2D eigenvalue weighted by atomic mass is 9.87. The summed E-state index contributed by atoms with van der Waals surface area (Å²) in [5.74, 6) is -0.0381. The first-order valence-electron chi connectivity index (χ1n) is 7.99. The van der Waals surface area contributed by atoms with Gasteiger partial charge in [0.25, 0.3) is 5.91 Å². The normalized spacial score (nSPS) is 25.5. The van der Waals surface area contributed by atoms with Gasteiger partial charge in [0.05, 0.1) is 12.3 Å². The van der Waals surface area contributed by atoms with Crippen LogP contribution in [0.4, 0.5) is 0 Å². The molecule has 3 rings (SSSR count). The predicted molar refractivity (Wildman–Crippen MR) is 81.9 cm³/mol. The van der Waals surface area contributed by atoms with Gasteiger partial charge in [0.2, 0.25) is 5.91 Å². The average molecular weight is 321 g/mol. The van der Waals surface area contributed by atoms with Crippen LogP contribution < -0.4 is 0 Å². The summed E-state index contributed by atoms with van der Waals surface area (Å²) >= 11 is 0. The highest BCUT2D eigenvalue weighted by Crippen LogP contribution is 2.35. The second-order valence-corrected chi connectivity index (χ2v) is 6.90. The molecule has 1 unspecified atom stereocenters. The third kappa shape index (κ3) is 2.97. The number of amides is 2. The SMILES string of the molecule is Cc1nocc1C(=O)N1CCC2(COCC(=O)N(C(C)C)C2)C1. The first-order chi connectivity index (χ1) is 10.9. The number of ether oxygens (including phenoxy) is 1. The Hall–Kier alpha value is -1.89. The van der Waals surface area contributed by atoms with E-state index in [4.69, 9.17) is 9.26 Å². The monoisotopic (exact) mass is 321 g/mol. The van der Waals surface area contributed by atoms with Crippen LogP contribution in [0.5, 0.6) is 0 Å². The van der Waals surface area contributed by atoms with Crippen LogP contribution in [0, 0.1) is 12.3 Å². The minimum absolute atomic E-state index is 0.0246. The molecular formula is C16H23N3O4. The number of likely N-dealkylation sites (tertiary alicyclic amines) is 1. The molecule has 0 bridgehead atoms. The van der Waals surface area contributed by atoms with E-state index in [0.717, 1.165) is 6.42 Å². The van der Waals surface area contributed by atoms with E-state index in [-0.39, 0.29) is 29.9 Å². The van der Waals surface area contributed by atoms with E-state index in [2.05, 4.69) is 5.16 Å². The number of nitrogens with zero attached hydrogens (tertiary/aromatic N) is 3. The second-order valence-electron chi connectivity index (χ2n) is 6.90. The molecule has 2 aliphatic rings. The molecule has 1 atom stereocenters. The molecule has 0 radical (unpaired) electrons. The smallest absolute Gasteiger partial charge is 0.259 e. The Kier molecular flexibility index (Phi) is 4.14. The minimum Gasteiger partial charge on any atom is -0.371 e. The lowest BCUT2D eigenvalue weighted by molar-refractivity contribution is -0.135. The lowest BCUT2D eigenvalue weighted by Crippen LogP contribution is -2.46. The van der Waals surface area contributed by atoms with Crippen molar-refractivity contribution < 1.29 is 18.8 Å². The summed E-state index contributed by atoms with van der Waals surface area (Å²) in [6, 6.07) is 0.131. The number of hydrogen-bond acceptors (Lipinski definition) is 5. The summed E-state index contributed by atoms with van der Waals surface area (Å²) < 4.78 is 10.5. The van der Waals surface area contributed by atoms with Crippen molar-refractivity contribution in [3.8, 4) is 0 Å². The molecule has 7 nitrogen and oxygen atoms in total. The number of hydrogen-bond donors (Lipinski definition) is 0. The Balaban J connectivity index is 1.76. The van der Waals surface area contributed by atoms with Gasteiger partial charge in [-0.1, -0.05) is 5.16 Å². The maximum atomic E-state index is 12.6. The Morgan fingerprint density at radius 2 is 2.17 bits per heavy atom. The van der Waals surface area contributed by atoms with Gasteiger partial charge in [-0.3, -0.25) is 9.59 Å². The maximum Gasteiger partial charge on any atom is 0.259 e. The average Bonchev–Trinajstić information content (AvgIpc) is 3.06. The fourth-order valence-corrected chi connectivity index (χ4v) is 3.43. The van der Waals surface area contributed by atoms with Crippen molar-refractivity contribution in [2.75, 3.05) is 32.8 Å². The molecule has 23 heavy (non-hydrogen) atoms.